The van der Waals surface area contributed by atoms with Gasteiger partial charge in [-0.25, -0.2) is 0 Å². The summed E-state index contributed by atoms with van der Waals surface area (Å²) in [6, 6.07) is 48.9. The van der Waals surface area contributed by atoms with E-state index in [2.05, 4.69) is 132 Å². The number of fused-ring (bicyclic) bond motifs is 7. The van der Waals surface area contributed by atoms with Gasteiger partial charge in [0.05, 0.1) is 0 Å². The third kappa shape index (κ3) is 8.16. The summed E-state index contributed by atoms with van der Waals surface area (Å²) in [7, 11) is 0. The van der Waals surface area contributed by atoms with Crippen molar-refractivity contribution in [1.29, 1.82) is 0 Å². The Hall–Kier alpha value is -3.93. The van der Waals surface area contributed by atoms with E-state index in [0.717, 1.165) is 34.5 Å². The van der Waals surface area contributed by atoms with E-state index in [1.54, 1.807) is 17.5 Å². The third-order valence-corrected chi connectivity index (χ3v) is 17.0. The van der Waals surface area contributed by atoms with Crippen LogP contribution in [0.4, 0.5) is 0 Å². The summed E-state index contributed by atoms with van der Waals surface area (Å²) < 4.78 is 22.2. The van der Waals surface area contributed by atoms with Gasteiger partial charge in [-0.1, -0.05) is 72.3 Å². The van der Waals surface area contributed by atoms with E-state index in [9.17, 15) is 0 Å². The van der Waals surface area contributed by atoms with E-state index in [1.807, 2.05) is 30.3 Å². The van der Waals surface area contributed by atoms with Crippen molar-refractivity contribution < 1.29 is 22.8 Å². The number of pyridine rings is 2. The zero-order valence-electron chi connectivity index (χ0n) is 33.6. The minimum absolute atomic E-state index is 0. The molecular formula is C50H46GeIrN2S-2. The number of hydrogen-bond acceptors (Lipinski definition) is 3. The summed E-state index contributed by atoms with van der Waals surface area (Å²) in [5, 5.41) is 4.91. The summed E-state index contributed by atoms with van der Waals surface area (Å²) in [5.41, 5.74) is 7.06. The Bertz CT molecular complexity index is 2660. The zero-order valence-corrected chi connectivity index (χ0v) is 36.9. The van der Waals surface area contributed by atoms with Gasteiger partial charge in [0.2, 0.25) is 0 Å². The molecule has 2 bridgehead atoms. The molecule has 3 heterocycles. The molecule has 0 saturated heterocycles. The predicted molar refractivity (Wildman–Crippen MR) is 233 cm³/mol. The molecule has 3 fully saturated rings. The SMILES string of the molecule is [2H]C([2H])(c1ccnc(-c2[c-]ccc3c2sc2cc(-c4ccccc4)ccc23)c1)C1CC2CCC1CC2.[CH3][Ge]([CH3])([CH3])[c]1ccc(-c2[c-]cc3ccccc3c2)nc1.[Ir]. The van der Waals surface area contributed by atoms with Gasteiger partial charge < -0.3 is 4.98 Å². The smallest absolute Gasteiger partial charge is 0 e. The van der Waals surface area contributed by atoms with Crippen LogP contribution < -0.4 is 4.40 Å². The van der Waals surface area contributed by atoms with E-state index in [1.165, 1.54) is 72.2 Å². The molecule has 11 rings (SSSR count). The normalized spacial score (nSPS) is 18.6. The van der Waals surface area contributed by atoms with Gasteiger partial charge in [-0.15, -0.1) is 23.8 Å². The van der Waals surface area contributed by atoms with Gasteiger partial charge in [0.15, 0.2) is 0 Å². The molecule has 1 unspecified atom stereocenters. The van der Waals surface area contributed by atoms with Crippen LogP contribution >= 0.6 is 11.3 Å². The molecule has 0 N–H and O–H groups in total. The van der Waals surface area contributed by atoms with Gasteiger partial charge in [0.1, 0.15) is 0 Å². The molecular weight excluding hydrogens is 925 g/mol. The monoisotopic (exact) mass is 975 g/mol. The van der Waals surface area contributed by atoms with E-state index in [4.69, 9.17) is 7.73 Å². The summed E-state index contributed by atoms with van der Waals surface area (Å²) in [4.78, 5) is 9.35. The van der Waals surface area contributed by atoms with Crippen molar-refractivity contribution in [2.24, 2.45) is 17.8 Å². The summed E-state index contributed by atoms with van der Waals surface area (Å²) in [6.07, 6.45) is 8.48. The second-order valence-corrected chi connectivity index (χ2v) is 27.8. The number of hydrogen-bond donors (Lipinski definition) is 0. The van der Waals surface area contributed by atoms with Crippen molar-refractivity contribution in [3.8, 4) is 33.6 Å². The number of aromatic nitrogens is 2. The summed E-state index contributed by atoms with van der Waals surface area (Å²) in [5.74, 6) is 8.49. The molecule has 0 amide bonds. The second-order valence-electron chi connectivity index (χ2n) is 16.1. The van der Waals surface area contributed by atoms with Crippen LogP contribution in [0.25, 0.3) is 64.6 Å². The van der Waals surface area contributed by atoms with Crippen LogP contribution in [0.1, 0.15) is 40.4 Å². The molecule has 55 heavy (non-hydrogen) atoms. The van der Waals surface area contributed by atoms with Gasteiger partial charge >= 0.3 is 123 Å². The summed E-state index contributed by atoms with van der Waals surface area (Å²) >= 11 is 0.0107. The average molecular weight is 974 g/mol. The van der Waals surface area contributed by atoms with Crippen molar-refractivity contribution in [3.63, 3.8) is 0 Å². The van der Waals surface area contributed by atoms with Crippen LogP contribution in [-0.2, 0) is 26.5 Å². The van der Waals surface area contributed by atoms with Gasteiger partial charge in [-0.3, -0.25) is 0 Å². The molecule has 277 valence electrons. The van der Waals surface area contributed by atoms with E-state index in [0.29, 0.717) is 11.8 Å². The number of nitrogens with zero attached hydrogens (tertiary/aromatic N) is 2. The van der Waals surface area contributed by atoms with Crippen molar-refractivity contribution >= 4 is 59.9 Å². The molecule has 3 aliphatic carbocycles. The van der Waals surface area contributed by atoms with Gasteiger partial charge in [0, 0.05) is 33.7 Å². The molecule has 0 spiro atoms. The maximum atomic E-state index is 9.16. The number of rotatable bonds is 6. The maximum Gasteiger partial charge on any atom is 0 e. The molecule has 8 aromatic rings. The molecule has 0 aliphatic heterocycles. The average Bonchev–Trinajstić information content (AvgIpc) is 3.62. The Kier molecular flexibility index (Phi) is 10.5. The summed E-state index contributed by atoms with van der Waals surface area (Å²) in [6.45, 7) is 0. The van der Waals surface area contributed by atoms with Crippen LogP contribution in [-0.4, -0.2) is 23.2 Å². The molecule has 3 aliphatic rings. The predicted octanol–water partition coefficient (Wildman–Crippen LogP) is 13.2. The first kappa shape index (κ1) is 35.5. The van der Waals surface area contributed by atoms with E-state index >= 15 is 0 Å². The quantitative estimate of drug-likeness (QED) is 0.123. The molecule has 5 aromatic carbocycles. The van der Waals surface area contributed by atoms with Crippen molar-refractivity contribution in [1.82, 2.24) is 9.97 Å². The van der Waals surface area contributed by atoms with Crippen LogP contribution in [0.3, 0.4) is 0 Å². The molecule has 1 radical (unpaired) electrons. The van der Waals surface area contributed by atoms with Crippen molar-refractivity contribution in [2.75, 3.05) is 0 Å². The van der Waals surface area contributed by atoms with Crippen molar-refractivity contribution in [2.45, 2.75) is 55.7 Å². The Morgan fingerprint density at radius 2 is 1.55 bits per heavy atom. The van der Waals surface area contributed by atoms with E-state index in [-0.39, 0.29) is 26.0 Å². The second kappa shape index (κ2) is 16.3. The fourth-order valence-electron chi connectivity index (χ4n) is 8.44. The number of thiophene rings is 1. The minimum atomic E-state index is -1.77. The van der Waals surface area contributed by atoms with Crippen LogP contribution in [0.15, 0.2) is 134 Å². The van der Waals surface area contributed by atoms with Crippen LogP contribution in [0, 0.1) is 29.9 Å². The first-order valence-corrected chi connectivity index (χ1v) is 27.5. The number of benzene rings is 5. The van der Waals surface area contributed by atoms with Gasteiger partial charge in [-0.2, -0.15) is 11.3 Å². The van der Waals surface area contributed by atoms with Crippen LogP contribution in [0.2, 0.25) is 17.3 Å². The molecule has 3 aromatic heterocycles. The van der Waals surface area contributed by atoms with Gasteiger partial charge in [-0.05, 0) is 82.4 Å². The Balaban J connectivity index is 0.000000185. The molecule has 1 atom stereocenters. The van der Waals surface area contributed by atoms with Crippen molar-refractivity contribution in [3.05, 3.63) is 151 Å². The molecule has 2 nitrogen and oxygen atoms in total. The fourth-order valence-corrected chi connectivity index (χ4v) is 11.9. The largest absolute Gasteiger partial charge is 0 e. The molecule has 3 saturated carbocycles. The zero-order chi connectivity index (χ0) is 38.4. The first-order valence-electron chi connectivity index (χ1n) is 20.4. The Labute approximate surface area is 349 Å². The molecule has 5 heteroatoms. The Morgan fingerprint density at radius 1 is 0.745 bits per heavy atom. The minimum Gasteiger partial charge on any atom is 0 e. The van der Waals surface area contributed by atoms with Crippen LogP contribution in [0.5, 0.6) is 0 Å². The first-order chi connectivity index (χ1) is 27.1. The Morgan fingerprint density at radius 3 is 2.29 bits per heavy atom. The standard InChI is InChI=1S/C32H28NS.C18H18GeN.Ir/c1-2-5-23(6-3-1)25-13-14-27-28-7-4-8-29(32(28)34-31(27)20-25)30-19-22(15-16-33-30)18-26-17-21-9-11-24(26)12-10-21;1-19(2,3)17-10-11-18(20-13-17)16-9-8-14-6-4-5-7-15(14)12-16;/h1-7,13-16,19-21,24,26H,9-12,17-18H2;4-8,10-13H,1-3H3;/q2*-1;/i18D2;;. The van der Waals surface area contributed by atoms with E-state index < -0.39 is 19.6 Å². The third-order valence-electron chi connectivity index (χ3n) is 11.5. The maximum absolute atomic E-state index is 9.16. The topological polar surface area (TPSA) is 25.8 Å². The van der Waals surface area contributed by atoms with Gasteiger partial charge in [0.25, 0.3) is 0 Å². The fraction of sp³-hybridized carbons (Fsp3) is 0.240.